The van der Waals surface area contributed by atoms with E-state index < -0.39 is 6.10 Å². The van der Waals surface area contributed by atoms with Crippen molar-refractivity contribution >= 4 is 17.9 Å². The highest BCUT2D eigenvalue weighted by Gasteiger charge is 2.19. The average molecular weight is 1160 g/mol. The molecule has 1 atom stereocenters. The van der Waals surface area contributed by atoms with Gasteiger partial charge < -0.3 is 14.2 Å². The molecule has 0 aliphatic heterocycles. The van der Waals surface area contributed by atoms with Gasteiger partial charge >= 0.3 is 17.9 Å². The zero-order valence-electron chi connectivity index (χ0n) is 55.5. The molecule has 0 aromatic rings. The van der Waals surface area contributed by atoms with E-state index in [1.54, 1.807) is 0 Å². The summed E-state index contributed by atoms with van der Waals surface area (Å²) < 4.78 is 17.0. The minimum Gasteiger partial charge on any atom is -0.462 e. The Morgan fingerprint density at radius 3 is 0.747 bits per heavy atom. The lowest BCUT2D eigenvalue weighted by Gasteiger charge is -2.18. The third kappa shape index (κ3) is 69.5. The van der Waals surface area contributed by atoms with Crippen LogP contribution in [0.15, 0.2) is 72.9 Å². The summed E-state index contributed by atoms with van der Waals surface area (Å²) in [7, 11) is 0. The molecule has 0 saturated heterocycles. The van der Waals surface area contributed by atoms with Gasteiger partial charge in [0.15, 0.2) is 6.10 Å². The molecule has 0 aliphatic carbocycles. The second-order valence-electron chi connectivity index (χ2n) is 24.5. The molecular weight excluding hydrogens is 1020 g/mol. The molecule has 0 amide bonds. The number of hydrogen-bond acceptors (Lipinski definition) is 6. The van der Waals surface area contributed by atoms with Gasteiger partial charge in [0.1, 0.15) is 13.2 Å². The van der Waals surface area contributed by atoms with Crippen LogP contribution in [0.4, 0.5) is 0 Å². The van der Waals surface area contributed by atoms with Crippen molar-refractivity contribution in [2.45, 2.75) is 386 Å². The van der Waals surface area contributed by atoms with Crippen LogP contribution in [0.2, 0.25) is 0 Å². The number of allylic oxidation sites excluding steroid dienone is 12. The van der Waals surface area contributed by atoms with E-state index in [1.165, 1.54) is 244 Å². The first-order valence-electron chi connectivity index (χ1n) is 36.4. The summed E-state index contributed by atoms with van der Waals surface area (Å²) in [5.41, 5.74) is 0. The van der Waals surface area contributed by atoms with Gasteiger partial charge in [0.2, 0.25) is 0 Å². The first-order valence-corrected chi connectivity index (χ1v) is 36.4. The molecule has 0 aromatic heterocycles. The number of rotatable bonds is 67. The van der Waals surface area contributed by atoms with E-state index in [-0.39, 0.29) is 31.1 Å². The van der Waals surface area contributed by atoms with E-state index in [4.69, 9.17) is 14.2 Å². The molecule has 1 unspecified atom stereocenters. The van der Waals surface area contributed by atoms with Crippen molar-refractivity contribution in [3.05, 3.63) is 72.9 Å². The maximum absolute atomic E-state index is 12.9. The van der Waals surface area contributed by atoms with Crippen LogP contribution in [0.3, 0.4) is 0 Å². The quantitative estimate of drug-likeness (QED) is 0.0261. The fraction of sp³-hybridized carbons (Fsp3) is 0.805. The van der Waals surface area contributed by atoms with Gasteiger partial charge in [-0.15, -0.1) is 0 Å². The summed E-state index contributed by atoms with van der Waals surface area (Å²) in [4.78, 5) is 38.4. The fourth-order valence-corrected chi connectivity index (χ4v) is 10.8. The van der Waals surface area contributed by atoms with Crippen LogP contribution in [0, 0.1) is 0 Å². The van der Waals surface area contributed by atoms with E-state index in [2.05, 4.69) is 93.7 Å². The van der Waals surface area contributed by atoms with Crippen LogP contribution in [0.5, 0.6) is 0 Å². The largest absolute Gasteiger partial charge is 0.462 e. The molecular formula is C77H138O6. The van der Waals surface area contributed by atoms with Crippen LogP contribution in [-0.2, 0) is 28.6 Å². The SMILES string of the molecule is CC/C=C\C/C=C\C/C=C\C/C=C\C/C=C\CCCCCCCCCC(=O)OC(COC(=O)CCCCCCCCCCCCC)COC(=O)CCCCCCCCCCCCCCCCCCCCC/C=C\CCCCCCCCCC. The molecule has 0 rings (SSSR count). The molecule has 0 bridgehead atoms. The molecule has 6 heteroatoms. The minimum atomic E-state index is -0.780. The molecule has 482 valence electrons. The highest BCUT2D eigenvalue weighted by Crippen LogP contribution is 2.18. The Kier molecular flexibility index (Phi) is 68.6. The number of ether oxygens (including phenoxy) is 3. The van der Waals surface area contributed by atoms with Crippen LogP contribution in [-0.4, -0.2) is 37.2 Å². The topological polar surface area (TPSA) is 78.9 Å². The van der Waals surface area contributed by atoms with Crippen LogP contribution >= 0.6 is 0 Å². The summed E-state index contributed by atoms with van der Waals surface area (Å²) in [5.74, 6) is -0.866. The Labute approximate surface area is 516 Å². The lowest BCUT2D eigenvalue weighted by molar-refractivity contribution is -0.167. The third-order valence-corrected chi connectivity index (χ3v) is 16.2. The van der Waals surface area contributed by atoms with E-state index >= 15 is 0 Å². The van der Waals surface area contributed by atoms with Crippen LogP contribution in [0.25, 0.3) is 0 Å². The summed E-state index contributed by atoms with van der Waals surface area (Å²) in [6.45, 7) is 6.56. The van der Waals surface area contributed by atoms with Gasteiger partial charge in [0, 0.05) is 19.3 Å². The predicted molar refractivity (Wildman–Crippen MR) is 362 cm³/mol. The molecule has 0 heterocycles. The molecule has 0 saturated carbocycles. The number of carbonyl (C=O) groups is 3. The normalized spacial score (nSPS) is 12.5. The maximum atomic E-state index is 12.9. The summed E-state index contributed by atoms with van der Waals surface area (Å²) >= 11 is 0. The third-order valence-electron chi connectivity index (χ3n) is 16.2. The van der Waals surface area contributed by atoms with Crippen molar-refractivity contribution in [3.63, 3.8) is 0 Å². The van der Waals surface area contributed by atoms with E-state index in [9.17, 15) is 14.4 Å². The van der Waals surface area contributed by atoms with Gasteiger partial charge in [-0.25, -0.2) is 0 Å². The molecule has 0 N–H and O–H groups in total. The Morgan fingerprint density at radius 2 is 0.470 bits per heavy atom. The van der Waals surface area contributed by atoms with Crippen molar-refractivity contribution in [2.75, 3.05) is 13.2 Å². The van der Waals surface area contributed by atoms with Crippen molar-refractivity contribution in [2.24, 2.45) is 0 Å². The van der Waals surface area contributed by atoms with E-state index in [1.807, 2.05) is 0 Å². The number of esters is 3. The zero-order chi connectivity index (χ0) is 59.9. The average Bonchev–Trinajstić information content (AvgIpc) is 3.48. The predicted octanol–water partition coefficient (Wildman–Crippen LogP) is 25.2. The van der Waals surface area contributed by atoms with Gasteiger partial charge in [0.25, 0.3) is 0 Å². The van der Waals surface area contributed by atoms with Gasteiger partial charge in [-0.2, -0.15) is 0 Å². The summed E-state index contributed by atoms with van der Waals surface area (Å²) in [5, 5.41) is 0. The van der Waals surface area contributed by atoms with Crippen LogP contribution < -0.4 is 0 Å². The highest BCUT2D eigenvalue weighted by molar-refractivity contribution is 5.71. The number of carbonyl (C=O) groups excluding carboxylic acids is 3. The lowest BCUT2D eigenvalue weighted by Crippen LogP contribution is -2.30. The molecule has 0 fully saturated rings. The monoisotopic (exact) mass is 1160 g/mol. The molecule has 0 aliphatic rings. The summed E-state index contributed by atoms with van der Waals surface area (Å²) in [6.07, 6.45) is 93.8. The maximum Gasteiger partial charge on any atom is 0.306 e. The second kappa shape index (κ2) is 71.3. The lowest BCUT2D eigenvalue weighted by atomic mass is 10.0. The first-order chi connectivity index (χ1) is 41.0. The van der Waals surface area contributed by atoms with Gasteiger partial charge in [-0.3, -0.25) is 14.4 Å². The molecule has 6 nitrogen and oxygen atoms in total. The molecule has 83 heavy (non-hydrogen) atoms. The zero-order valence-corrected chi connectivity index (χ0v) is 55.5. The van der Waals surface area contributed by atoms with E-state index in [0.29, 0.717) is 19.3 Å². The molecule has 0 spiro atoms. The van der Waals surface area contributed by atoms with Crippen molar-refractivity contribution in [3.8, 4) is 0 Å². The molecule has 0 aromatic carbocycles. The Hall–Kier alpha value is -3.15. The van der Waals surface area contributed by atoms with Crippen molar-refractivity contribution in [1.82, 2.24) is 0 Å². The van der Waals surface area contributed by atoms with Gasteiger partial charge in [0.05, 0.1) is 0 Å². The Morgan fingerprint density at radius 1 is 0.253 bits per heavy atom. The van der Waals surface area contributed by atoms with Crippen molar-refractivity contribution < 1.29 is 28.6 Å². The Balaban J connectivity index is 4.16. The van der Waals surface area contributed by atoms with Gasteiger partial charge in [-0.05, 0) is 89.9 Å². The standard InChI is InChI=1S/C77H138O6/c1-4-7-10-13-16-19-22-24-26-28-30-32-34-35-36-37-38-39-40-41-43-44-46-48-50-52-55-58-61-64-67-70-76(79)82-73-74(72-81-75(78)69-66-63-60-57-54-21-18-15-12-9-6-3)83-77(80)71-68-65-62-59-56-53-51-49-47-45-42-33-31-29-27-25-23-20-17-14-11-8-5-2/h8,11,17,20,25,27-28,30-31,33,45,47,74H,4-7,9-10,12-16,18-19,21-24,26,29,32,34-44,46,48-73H2,1-3H3/b11-8-,20-17-,27-25-,30-28-,33-31-,47-45-. The van der Waals surface area contributed by atoms with Crippen LogP contribution in [0.1, 0.15) is 380 Å². The second-order valence-corrected chi connectivity index (χ2v) is 24.5. The minimum absolute atomic E-state index is 0.0754. The van der Waals surface area contributed by atoms with Gasteiger partial charge in [-0.1, -0.05) is 344 Å². The fourth-order valence-electron chi connectivity index (χ4n) is 10.8. The van der Waals surface area contributed by atoms with E-state index in [0.717, 1.165) is 96.3 Å². The Bertz CT molecular complexity index is 1520. The first kappa shape index (κ1) is 79.8. The smallest absolute Gasteiger partial charge is 0.306 e. The number of unbranched alkanes of at least 4 members (excludes halogenated alkanes) is 44. The number of hydrogen-bond donors (Lipinski definition) is 0. The van der Waals surface area contributed by atoms with Crippen molar-refractivity contribution in [1.29, 1.82) is 0 Å². The summed E-state index contributed by atoms with van der Waals surface area (Å²) in [6, 6.07) is 0. The highest BCUT2D eigenvalue weighted by atomic mass is 16.6. The molecule has 0 radical (unpaired) electrons.